The second kappa shape index (κ2) is 4.61. The van der Waals surface area contributed by atoms with E-state index in [-0.39, 0.29) is 0 Å². The molecule has 0 aliphatic carbocycles. The molecular weight excluding hydrogens is 201 g/mol. The van der Waals surface area contributed by atoms with Gasteiger partial charge in [0, 0.05) is 6.92 Å². The van der Waals surface area contributed by atoms with Gasteiger partial charge in [-0.05, 0) is 6.92 Å². The molecule has 0 aromatic heterocycles. The first kappa shape index (κ1) is 13.2. The first-order valence-electron chi connectivity index (χ1n) is 3.89. The topological polar surface area (TPSA) is 61.0 Å². The summed E-state index contributed by atoms with van der Waals surface area (Å²) in [5.74, 6) is -0.458. The van der Waals surface area contributed by atoms with E-state index in [1.807, 2.05) is 0 Å². The average molecular weight is 213 g/mol. The highest BCUT2D eigenvalue weighted by molar-refractivity contribution is 5.72. The number of alkyl halides is 3. The van der Waals surface area contributed by atoms with Crippen molar-refractivity contribution >= 4 is 5.91 Å². The van der Waals surface area contributed by atoms with Crippen LogP contribution in [0.4, 0.5) is 13.2 Å². The summed E-state index contributed by atoms with van der Waals surface area (Å²) < 4.78 is 35.1. The zero-order valence-corrected chi connectivity index (χ0v) is 7.86. The number of amides is 1. The monoisotopic (exact) mass is 213 g/mol. The Morgan fingerprint density at radius 1 is 1.29 bits per heavy atom. The maximum Gasteiger partial charge on any atom is 0.401 e. The van der Waals surface area contributed by atoms with Crippen LogP contribution in [0.3, 0.4) is 0 Å². The molecule has 0 rings (SSSR count). The average Bonchev–Trinajstić information content (AvgIpc) is 1.97. The Kier molecular flexibility index (Phi) is 4.34. The van der Waals surface area contributed by atoms with Crippen molar-refractivity contribution < 1.29 is 23.1 Å². The van der Waals surface area contributed by atoms with E-state index >= 15 is 0 Å². The van der Waals surface area contributed by atoms with Gasteiger partial charge in [-0.15, -0.1) is 0 Å². The van der Waals surface area contributed by atoms with Crippen LogP contribution in [-0.2, 0) is 9.90 Å². The third-order valence-corrected chi connectivity index (χ3v) is 1.34. The molecule has 4 nitrogen and oxygen atoms in total. The van der Waals surface area contributed by atoms with E-state index in [9.17, 15) is 23.1 Å². The first-order chi connectivity index (χ1) is 6.12. The molecule has 0 saturated carbocycles. The Morgan fingerprint density at radius 2 is 1.79 bits per heavy atom. The van der Waals surface area contributed by atoms with Gasteiger partial charge in [0.2, 0.25) is 5.91 Å². The van der Waals surface area contributed by atoms with Crippen LogP contribution in [0.2, 0.25) is 0 Å². The van der Waals surface area contributed by atoms with Crippen LogP contribution < -0.4 is 10.6 Å². The number of nitrogens with one attached hydrogen (secondary N) is 2. The molecule has 1 atom stereocenters. The Hall–Kier alpha value is -0.820. The summed E-state index contributed by atoms with van der Waals surface area (Å²) in [6.07, 6.45) is -4.43. The minimum Gasteiger partial charge on any atom is -0.352 e. The molecule has 0 heterocycles. The Bertz CT molecular complexity index is 204. The van der Waals surface area contributed by atoms with Gasteiger partial charge >= 0.3 is 6.18 Å². The van der Waals surface area contributed by atoms with Crippen LogP contribution in [-0.4, -0.2) is 30.9 Å². The molecule has 0 aromatic carbocycles. The van der Waals surface area contributed by atoms with Crippen molar-refractivity contribution in [2.45, 2.75) is 25.7 Å². The highest BCUT2D eigenvalue weighted by Gasteiger charge is 2.32. The molecular formula is C7H12F3N2O2. The quantitative estimate of drug-likeness (QED) is 0.665. The summed E-state index contributed by atoms with van der Waals surface area (Å²) in [4.78, 5) is 10.4. The van der Waals surface area contributed by atoms with Gasteiger partial charge in [-0.1, -0.05) is 0 Å². The third-order valence-electron chi connectivity index (χ3n) is 1.34. The van der Waals surface area contributed by atoms with Crippen LogP contribution in [0.15, 0.2) is 0 Å². The summed E-state index contributed by atoms with van der Waals surface area (Å²) in [6.45, 7) is 0.458. The van der Waals surface area contributed by atoms with Crippen molar-refractivity contribution in [1.29, 1.82) is 0 Å². The van der Waals surface area contributed by atoms with Crippen LogP contribution in [0.25, 0.3) is 0 Å². The summed E-state index contributed by atoms with van der Waals surface area (Å²) in [5, 5.41) is 15.1. The smallest absolute Gasteiger partial charge is 0.352 e. The van der Waals surface area contributed by atoms with Crippen LogP contribution in [0.1, 0.15) is 13.8 Å². The molecule has 7 heteroatoms. The Balaban J connectivity index is 3.89. The maximum atomic E-state index is 11.7. The van der Waals surface area contributed by atoms with Crippen LogP contribution in [0.5, 0.6) is 0 Å². The molecule has 0 fully saturated rings. The lowest BCUT2D eigenvalue weighted by molar-refractivity contribution is -0.146. The molecule has 0 bridgehead atoms. The van der Waals surface area contributed by atoms with Gasteiger partial charge in [0.05, 0.1) is 13.1 Å². The number of carbonyl (C=O) groups is 1. The highest BCUT2D eigenvalue weighted by Crippen LogP contribution is 2.13. The molecule has 0 spiro atoms. The predicted octanol–water partition coefficient (Wildman–Crippen LogP) is 0.421. The van der Waals surface area contributed by atoms with Gasteiger partial charge in [0.25, 0.3) is 0 Å². The van der Waals surface area contributed by atoms with Crippen LogP contribution >= 0.6 is 0 Å². The summed E-state index contributed by atoms with van der Waals surface area (Å²) >= 11 is 0. The van der Waals surface area contributed by atoms with Gasteiger partial charge in [-0.2, -0.15) is 13.2 Å². The van der Waals surface area contributed by atoms with Crippen molar-refractivity contribution in [3.63, 3.8) is 0 Å². The van der Waals surface area contributed by atoms with E-state index in [1.54, 1.807) is 5.32 Å². The molecule has 1 amide bonds. The fourth-order valence-electron chi connectivity index (χ4n) is 0.643. The predicted molar refractivity (Wildman–Crippen MR) is 41.8 cm³/mol. The summed E-state index contributed by atoms with van der Waals surface area (Å²) in [5.41, 5.74) is -2.01. The minimum absolute atomic E-state index is 0.390. The normalized spacial score (nSPS) is 16.1. The minimum atomic E-state index is -4.43. The van der Waals surface area contributed by atoms with Crippen molar-refractivity contribution in [2.24, 2.45) is 0 Å². The van der Waals surface area contributed by atoms with E-state index in [4.69, 9.17) is 0 Å². The van der Waals surface area contributed by atoms with Gasteiger partial charge in [0.15, 0.2) is 5.72 Å². The SMILES string of the molecule is CC(=O)NCC(C)([O])NCC(F)(F)F. The van der Waals surface area contributed by atoms with Crippen molar-refractivity contribution in [3.8, 4) is 0 Å². The van der Waals surface area contributed by atoms with Gasteiger partial charge in [-0.3, -0.25) is 10.1 Å². The lowest BCUT2D eigenvalue weighted by atomic mass is 10.2. The number of hydrogen-bond donors (Lipinski definition) is 2. The second-order valence-corrected chi connectivity index (χ2v) is 3.11. The first-order valence-corrected chi connectivity index (χ1v) is 3.89. The lowest BCUT2D eigenvalue weighted by Crippen LogP contribution is -2.52. The number of halogens is 3. The largest absolute Gasteiger partial charge is 0.401 e. The van der Waals surface area contributed by atoms with Crippen molar-refractivity contribution in [3.05, 3.63) is 0 Å². The third kappa shape index (κ3) is 7.81. The Labute approximate surface area is 79.5 Å². The fourth-order valence-corrected chi connectivity index (χ4v) is 0.643. The highest BCUT2D eigenvalue weighted by atomic mass is 19.4. The van der Waals surface area contributed by atoms with E-state index in [0.717, 1.165) is 6.92 Å². The molecule has 83 valence electrons. The molecule has 2 N–H and O–H groups in total. The van der Waals surface area contributed by atoms with E-state index < -0.39 is 30.9 Å². The zero-order valence-electron chi connectivity index (χ0n) is 7.86. The van der Waals surface area contributed by atoms with E-state index in [0.29, 0.717) is 0 Å². The van der Waals surface area contributed by atoms with Gasteiger partial charge in [-0.25, -0.2) is 5.11 Å². The lowest BCUT2D eigenvalue weighted by Gasteiger charge is -2.23. The molecule has 1 unspecified atom stereocenters. The van der Waals surface area contributed by atoms with Crippen molar-refractivity contribution in [2.75, 3.05) is 13.1 Å². The molecule has 0 aliphatic rings. The Morgan fingerprint density at radius 3 is 2.14 bits per heavy atom. The maximum absolute atomic E-state index is 11.7. The van der Waals surface area contributed by atoms with Gasteiger partial charge in [0.1, 0.15) is 0 Å². The zero-order chi connectivity index (χ0) is 11.4. The fraction of sp³-hybridized carbons (Fsp3) is 0.857. The number of carbonyl (C=O) groups excluding carboxylic acids is 1. The van der Waals surface area contributed by atoms with E-state index in [1.165, 1.54) is 6.92 Å². The molecule has 0 aliphatic heterocycles. The summed E-state index contributed by atoms with van der Waals surface area (Å²) in [6, 6.07) is 0. The molecule has 0 saturated heterocycles. The molecule has 14 heavy (non-hydrogen) atoms. The van der Waals surface area contributed by atoms with Crippen LogP contribution in [0, 0.1) is 0 Å². The standard InChI is InChI=1S/C7H12F3N2O2/c1-5(13)11-3-6(2,14)12-4-7(8,9)10/h12H,3-4H2,1-2H3,(H,11,13). The van der Waals surface area contributed by atoms with Crippen molar-refractivity contribution in [1.82, 2.24) is 10.6 Å². The molecule has 0 aromatic rings. The second-order valence-electron chi connectivity index (χ2n) is 3.11. The van der Waals surface area contributed by atoms with Gasteiger partial charge < -0.3 is 5.32 Å². The molecule has 1 radical (unpaired) electrons. The summed E-state index contributed by atoms with van der Waals surface area (Å²) in [7, 11) is 0. The number of hydrogen-bond acceptors (Lipinski definition) is 2. The number of rotatable bonds is 4. The van der Waals surface area contributed by atoms with E-state index in [2.05, 4.69) is 5.32 Å².